The molecule has 2 heteroatoms. The number of nitrogens with zero attached hydrogens (tertiary/aromatic N) is 2. The van der Waals surface area contributed by atoms with Gasteiger partial charge in [-0.15, -0.1) is 6.42 Å². The minimum Gasteiger partial charge on any atom is -0.283 e. The Hall–Kier alpha value is -0.990. The summed E-state index contributed by atoms with van der Waals surface area (Å²) in [5.74, 6) is 2.90. The van der Waals surface area contributed by atoms with Crippen molar-refractivity contribution in [3.63, 3.8) is 0 Å². The van der Waals surface area contributed by atoms with Crippen molar-refractivity contribution >= 4 is 0 Å². The van der Waals surface area contributed by atoms with Crippen LogP contribution in [0.1, 0.15) is 70.6 Å². The van der Waals surface area contributed by atoms with Crippen LogP contribution in [-0.4, -0.2) is 23.0 Å². The molecule has 0 spiro atoms. The van der Waals surface area contributed by atoms with Gasteiger partial charge in [-0.3, -0.25) is 4.90 Å². The lowest BCUT2D eigenvalue weighted by Gasteiger charge is -2.44. The predicted molar refractivity (Wildman–Crippen MR) is 78.4 cm³/mol. The lowest BCUT2D eigenvalue weighted by Crippen LogP contribution is -2.50. The molecule has 0 amide bonds. The van der Waals surface area contributed by atoms with E-state index in [1.165, 1.54) is 64.2 Å². The Kier molecular flexibility index (Phi) is 5.74. The van der Waals surface area contributed by atoms with Crippen molar-refractivity contribution in [2.75, 3.05) is 0 Å². The van der Waals surface area contributed by atoms with Crippen LogP contribution in [0.25, 0.3) is 0 Å². The van der Waals surface area contributed by atoms with Crippen molar-refractivity contribution in [2.45, 2.75) is 88.8 Å². The summed E-state index contributed by atoms with van der Waals surface area (Å²) >= 11 is 0. The molecule has 0 aromatic rings. The van der Waals surface area contributed by atoms with E-state index in [4.69, 9.17) is 11.7 Å². The summed E-state index contributed by atoms with van der Waals surface area (Å²) in [6.45, 7) is 0. The maximum atomic E-state index is 9.04. The van der Waals surface area contributed by atoms with Gasteiger partial charge in [0.1, 0.15) is 0 Å². The Bertz CT molecular complexity index is 319. The molecule has 2 fully saturated rings. The van der Waals surface area contributed by atoms with E-state index in [1.807, 2.05) is 0 Å². The van der Waals surface area contributed by atoms with Gasteiger partial charge in [-0.1, -0.05) is 44.4 Å². The molecule has 1 unspecified atom stereocenters. The summed E-state index contributed by atoms with van der Waals surface area (Å²) in [5, 5.41) is 9.04. The summed E-state index contributed by atoms with van der Waals surface area (Å²) in [6, 6.07) is 3.59. The summed E-state index contributed by atoms with van der Waals surface area (Å²) in [5.41, 5.74) is 0. The third-order valence-electron chi connectivity index (χ3n) is 4.83. The second-order valence-corrected chi connectivity index (χ2v) is 6.08. The molecule has 0 aromatic carbocycles. The number of terminal acetylenes is 1. The molecule has 2 aliphatic carbocycles. The molecule has 0 aliphatic heterocycles. The van der Waals surface area contributed by atoms with Crippen molar-refractivity contribution in [3.8, 4) is 18.4 Å². The van der Waals surface area contributed by atoms with Gasteiger partial charge in [-0.2, -0.15) is 5.26 Å². The van der Waals surface area contributed by atoms with Crippen LogP contribution < -0.4 is 0 Å². The third kappa shape index (κ3) is 3.74. The first-order chi connectivity index (χ1) is 9.36. The zero-order chi connectivity index (χ0) is 13.5. The van der Waals surface area contributed by atoms with Crippen molar-refractivity contribution in [1.82, 2.24) is 4.90 Å². The molecule has 0 aromatic heterocycles. The normalized spacial score (nSPS) is 23.7. The Balaban J connectivity index is 2.10. The van der Waals surface area contributed by atoms with Gasteiger partial charge < -0.3 is 0 Å². The smallest absolute Gasteiger partial charge is 0.0848 e. The highest BCUT2D eigenvalue weighted by atomic mass is 15.2. The van der Waals surface area contributed by atoms with Crippen LogP contribution in [0.4, 0.5) is 0 Å². The third-order valence-corrected chi connectivity index (χ3v) is 4.83. The van der Waals surface area contributed by atoms with Gasteiger partial charge in [0.2, 0.25) is 0 Å². The van der Waals surface area contributed by atoms with Crippen molar-refractivity contribution < 1.29 is 0 Å². The molecule has 0 N–H and O–H groups in total. The Morgan fingerprint density at radius 3 is 1.79 bits per heavy atom. The topological polar surface area (TPSA) is 27.0 Å². The molecular formula is C17H26N2. The van der Waals surface area contributed by atoms with Crippen molar-refractivity contribution in [1.29, 1.82) is 5.26 Å². The van der Waals surface area contributed by atoms with E-state index in [0.29, 0.717) is 18.5 Å². The van der Waals surface area contributed by atoms with Gasteiger partial charge >= 0.3 is 0 Å². The minimum absolute atomic E-state index is 0.0381. The minimum atomic E-state index is 0.0381. The summed E-state index contributed by atoms with van der Waals surface area (Å²) < 4.78 is 0. The van der Waals surface area contributed by atoms with Crippen LogP contribution >= 0.6 is 0 Å². The molecular weight excluding hydrogens is 232 g/mol. The Morgan fingerprint density at radius 1 is 0.947 bits per heavy atom. The average Bonchev–Trinajstić information content (AvgIpc) is 2.49. The molecule has 104 valence electrons. The summed E-state index contributed by atoms with van der Waals surface area (Å²) in [4.78, 5) is 2.57. The maximum absolute atomic E-state index is 9.04. The highest BCUT2D eigenvalue weighted by molar-refractivity contribution is 5.07. The lowest BCUT2D eigenvalue weighted by molar-refractivity contribution is 0.0598. The summed E-state index contributed by atoms with van der Waals surface area (Å²) in [7, 11) is 0. The van der Waals surface area contributed by atoms with Crippen molar-refractivity contribution in [2.24, 2.45) is 0 Å². The molecule has 1 atom stereocenters. The Morgan fingerprint density at radius 2 is 1.42 bits per heavy atom. The fourth-order valence-corrected chi connectivity index (χ4v) is 3.90. The van der Waals surface area contributed by atoms with Crippen LogP contribution in [0.2, 0.25) is 0 Å². The lowest BCUT2D eigenvalue weighted by atomic mass is 9.87. The van der Waals surface area contributed by atoms with E-state index in [9.17, 15) is 0 Å². The first-order valence-electron chi connectivity index (χ1n) is 7.97. The van der Waals surface area contributed by atoms with Crippen LogP contribution in [0, 0.1) is 23.7 Å². The van der Waals surface area contributed by atoms with Gasteiger partial charge in [0.25, 0.3) is 0 Å². The molecule has 19 heavy (non-hydrogen) atoms. The highest BCUT2D eigenvalue weighted by Gasteiger charge is 2.33. The molecule has 0 bridgehead atoms. The zero-order valence-electron chi connectivity index (χ0n) is 12.0. The second-order valence-electron chi connectivity index (χ2n) is 6.08. The second kappa shape index (κ2) is 7.56. The largest absolute Gasteiger partial charge is 0.283 e. The van der Waals surface area contributed by atoms with Gasteiger partial charge in [-0.25, -0.2) is 0 Å². The Labute approximate surface area is 118 Å². The van der Waals surface area contributed by atoms with E-state index in [2.05, 4.69) is 16.9 Å². The first kappa shape index (κ1) is 14.4. The van der Waals surface area contributed by atoms with Crippen LogP contribution in [-0.2, 0) is 0 Å². The molecule has 0 heterocycles. The molecule has 2 aliphatic rings. The first-order valence-corrected chi connectivity index (χ1v) is 7.97. The fraction of sp³-hybridized carbons (Fsp3) is 0.824. The standard InChI is InChI=1S/C17H26N2/c1-2-15(13-14-18)19(16-9-5-3-6-10-16)17-11-7-4-8-12-17/h1,15-17H,3-13H2. The van der Waals surface area contributed by atoms with Crippen LogP contribution in [0.3, 0.4) is 0 Å². The maximum Gasteiger partial charge on any atom is 0.0848 e. The van der Waals surface area contributed by atoms with Crippen LogP contribution in [0.5, 0.6) is 0 Å². The number of hydrogen-bond donors (Lipinski definition) is 0. The van der Waals surface area contributed by atoms with Crippen molar-refractivity contribution in [3.05, 3.63) is 0 Å². The zero-order valence-corrected chi connectivity index (χ0v) is 12.0. The highest BCUT2D eigenvalue weighted by Crippen LogP contribution is 2.32. The molecule has 2 saturated carbocycles. The molecule has 2 nitrogen and oxygen atoms in total. The summed E-state index contributed by atoms with van der Waals surface area (Å²) in [6.07, 6.45) is 19.4. The van der Waals surface area contributed by atoms with E-state index < -0.39 is 0 Å². The molecule has 2 rings (SSSR count). The SMILES string of the molecule is C#CC(CC#N)N(C1CCCCC1)C1CCCCC1. The predicted octanol–water partition coefficient (Wildman–Crippen LogP) is 3.87. The number of hydrogen-bond acceptors (Lipinski definition) is 2. The van der Waals surface area contributed by atoms with E-state index in [-0.39, 0.29) is 6.04 Å². The monoisotopic (exact) mass is 258 g/mol. The molecule has 0 radical (unpaired) electrons. The van der Waals surface area contributed by atoms with E-state index in [1.54, 1.807) is 0 Å². The van der Waals surface area contributed by atoms with Gasteiger partial charge in [0, 0.05) is 12.1 Å². The van der Waals surface area contributed by atoms with Crippen LogP contribution in [0.15, 0.2) is 0 Å². The number of nitriles is 1. The van der Waals surface area contributed by atoms with Gasteiger partial charge in [0.05, 0.1) is 18.5 Å². The number of rotatable bonds is 4. The van der Waals surface area contributed by atoms with Gasteiger partial charge in [-0.05, 0) is 25.7 Å². The quantitative estimate of drug-likeness (QED) is 0.716. The van der Waals surface area contributed by atoms with Gasteiger partial charge in [0.15, 0.2) is 0 Å². The van der Waals surface area contributed by atoms with E-state index >= 15 is 0 Å². The van der Waals surface area contributed by atoms with E-state index in [0.717, 1.165) is 0 Å². The molecule has 0 saturated heterocycles. The fourth-order valence-electron chi connectivity index (χ4n) is 3.90. The average molecular weight is 258 g/mol.